The molecule has 2 aromatic rings. The predicted molar refractivity (Wildman–Crippen MR) is 100 cm³/mol. The monoisotopic (exact) mass is 373 g/mol. The van der Waals surface area contributed by atoms with Gasteiger partial charge < -0.3 is 5.32 Å². The second-order valence-corrected chi connectivity index (χ2v) is 7.67. The van der Waals surface area contributed by atoms with Crippen molar-refractivity contribution in [3.05, 3.63) is 36.7 Å². The molecule has 1 aliphatic rings. The van der Waals surface area contributed by atoms with Crippen molar-refractivity contribution in [1.82, 2.24) is 25.4 Å². The van der Waals surface area contributed by atoms with Crippen LogP contribution in [0, 0.1) is 0 Å². The van der Waals surface area contributed by atoms with E-state index in [4.69, 9.17) is 0 Å². The van der Waals surface area contributed by atoms with Crippen LogP contribution >= 0.6 is 11.8 Å². The Bertz CT molecular complexity index is 743. The van der Waals surface area contributed by atoms with E-state index in [2.05, 4.69) is 20.7 Å². The number of aromatic nitrogens is 3. The summed E-state index contributed by atoms with van der Waals surface area (Å²) in [6.07, 6.45) is 7.04. The molecular weight excluding hydrogens is 350 g/mol. The fourth-order valence-corrected chi connectivity index (χ4v) is 3.63. The Morgan fingerprint density at radius 2 is 1.92 bits per heavy atom. The topological polar surface area (TPSA) is 88.9 Å². The van der Waals surface area contributed by atoms with Crippen LogP contribution in [-0.2, 0) is 4.79 Å². The predicted octanol–water partition coefficient (Wildman–Crippen LogP) is 2.91. The fourth-order valence-electron chi connectivity index (χ4n) is 2.90. The minimum Gasteiger partial charge on any atom is -0.335 e. The van der Waals surface area contributed by atoms with Crippen LogP contribution in [0.2, 0.25) is 0 Å². The number of urea groups is 1. The Labute approximate surface area is 157 Å². The Morgan fingerprint density at radius 3 is 2.65 bits per heavy atom. The lowest BCUT2D eigenvalue weighted by molar-refractivity contribution is -0.119. The third-order valence-corrected chi connectivity index (χ3v) is 5.29. The normalized spacial score (nSPS) is 16.0. The lowest BCUT2D eigenvalue weighted by atomic mass is 9.96. The first-order valence-electron chi connectivity index (χ1n) is 8.87. The lowest BCUT2D eigenvalue weighted by Gasteiger charge is -2.22. The number of carbonyl (C=O) groups excluding carboxylic acids is 2. The van der Waals surface area contributed by atoms with E-state index in [0.29, 0.717) is 5.16 Å². The summed E-state index contributed by atoms with van der Waals surface area (Å²) in [5.74, 6) is -0.348. The highest BCUT2D eigenvalue weighted by atomic mass is 32.2. The van der Waals surface area contributed by atoms with Crippen molar-refractivity contribution in [1.29, 1.82) is 0 Å². The number of amides is 3. The summed E-state index contributed by atoms with van der Waals surface area (Å²) in [4.78, 5) is 28.4. The summed E-state index contributed by atoms with van der Waals surface area (Å²) in [6, 6.07) is 9.38. The number of imide groups is 1. The lowest BCUT2D eigenvalue weighted by Crippen LogP contribution is -2.47. The highest BCUT2D eigenvalue weighted by Gasteiger charge is 2.21. The van der Waals surface area contributed by atoms with E-state index >= 15 is 0 Å². The molecule has 7 nitrogen and oxygen atoms in total. The van der Waals surface area contributed by atoms with Gasteiger partial charge in [-0.15, -0.1) is 5.10 Å². The number of benzene rings is 1. The first kappa shape index (κ1) is 18.4. The largest absolute Gasteiger partial charge is 0.335 e. The number of nitrogens with one attached hydrogen (secondary N) is 2. The third kappa shape index (κ3) is 5.08. The van der Waals surface area contributed by atoms with E-state index in [1.165, 1.54) is 18.2 Å². The van der Waals surface area contributed by atoms with Gasteiger partial charge in [-0.1, -0.05) is 49.2 Å². The molecule has 1 aliphatic carbocycles. The summed E-state index contributed by atoms with van der Waals surface area (Å²) in [7, 11) is 0. The van der Waals surface area contributed by atoms with Gasteiger partial charge in [0, 0.05) is 6.04 Å². The van der Waals surface area contributed by atoms with Gasteiger partial charge in [0.25, 0.3) is 0 Å². The fraction of sp³-hybridized carbons (Fsp3) is 0.444. The first-order valence-corrected chi connectivity index (χ1v) is 9.75. The van der Waals surface area contributed by atoms with Crippen molar-refractivity contribution >= 4 is 23.7 Å². The van der Waals surface area contributed by atoms with Crippen molar-refractivity contribution in [2.75, 3.05) is 0 Å². The molecule has 0 radical (unpaired) electrons. The minimum atomic E-state index is -0.473. The third-order valence-electron chi connectivity index (χ3n) is 4.32. The summed E-state index contributed by atoms with van der Waals surface area (Å²) in [5.41, 5.74) is 0.899. The van der Waals surface area contributed by atoms with Gasteiger partial charge in [-0.2, -0.15) is 0 Å². The van der Waals surface area contributed by atoms with Crippen molar-refractivity contribution in [2.24, 2.45) is 0 Å². The zero-order valence-electron chi connectivity index (χ0n) is 14.7. The smallest absolute Gasteiger partial charge is 0.321 e. The maximum atomic E-state index is 12.2. The molecule has 0 saturated heterocycles. The van der Waals surface area contributed by atoms with Gasteiger partial charge in [0.1, 0.15) is 6.33 Å². The van der Waals surface area contributed by atoms with Crippen molar-refractivity contribution in [2.45, 2.75) is 55.5 Å². The Kier molecular flexibility index (Phi) is 6.27. The van der Waals surface area contributed by atoms with Gasteiger partial charge in [-0.25, -0.2) is 14.5 Å². The molecule has 1 aromatic carbocycles. The highest BCUT2D eigenvalue weighted by Crippen LogP contribution is 2.20. The molecule has 26 heavy (non-hydrogen) atoms. The van der Waals surface area contributed by atoms with Crippen molar-refractivity contribution in [3.8, 4) is 5.69 Å². The van der Waals surface area contributed by atoms with Crippen LogP contribution in [0.3, 0.4) is 0 Å². The molecule has 1 unspecified atom stereocenters. The Morgan fingerprint density at radius 1 is 1.19 bits per heavy atom. The molecule has 1 atom stereocenters. The van der Waals surface area contributed by atoms with Crippen LogP contribution < -0.4 is 10.6 Å². The number of carbonyl (C=O) groups is 2. The summed E-state index contributed by atoms with van der Waals surface area (Å²) in [6.45, 7) is 1.73. The van der Waals surface area contributed by atoms with Gasteiger partial charge in [0.15, 0.2) is 0 Å². The maximum absolute atomic E-state index is 12.2. The zero-order chi connectivity index (χ0) is 18.4. The molecule has 138 valence electrons. The van der Waals surface area contributed by atoms with Crippen LogP contribution in [0.1, 0.15) is 39.0 Å². The van der Waals surface area contributed by atoms with Crippen LogP contribution in [0.25, 0.3) is 5.69 Å². The molecule has 0 aliphatic heterocycles. The van der Waals surface area contributed by atoms with Gasteiger partial charge in [0.2, 0.25) is 11.1 Å². The van der Waals surface area contributed by atoms with Gasteiger partial charge in [-0.05, 0) is 31.9 Å². The summed E-state index contributed by atoms with van der Waals surface area (Å²) >= 11 is 1.22. The number of rotatable bonds is 5. The number of para-hydroxylation sites is 1. The number of thioether (sulfide) groups is 1. The van der Waals surface area contributed by atoms with E-state index in [9.17, 15) is 9.59 Å². The molecule has 1 aromatic heterocycles. The molecule has 3 amide bonds. The average Bonchev–Trinajstić information content (AvgIpc) is 3.11. The van der Waals surface area contributed by atoms with Crippen LogP contribution in [-0.4, -0.2) is 38.0 Å². The number of hydrogen-bond donors (Lipinski definition) is 2. The summed E-state index contributed by atoms with van der Waals surface area (Å²) in [5, 5.41) is 9.67. The second-order valence-electron chi connectivity index (χ2n) is 6.36. The molecule has 1 saturated carbocycles. The highest BCUT2D eigenvalue weighted by molar-refractivity contribution is 8.00. The van der Waals surface area contributed by atoms with E-state index < -0.39 is 11.3 Å². The van der Waals surface area contributed by atoms with Crippen LogP contribution in [0.4, 0.5) is 4.79 Å². The second kappa shape index (κ2) is 8.84. The zero-order valence-corrected chi connectivity index (χ0v) is 15.5. The Balaban J connectivity index is 1.49. The van der Waals surface area contributed by atoms with Crippen molar-refractivity contribution < 1.29 is 9.59 Å². The molecule has 8 heteroatoms. The van der Waals surface area contributed by atoms with E-state index in [1.807, 2.05) is 30.3 Å². The molecular formula is C18H23N5O2S. The molecule has 0 spiro atoms. The van der Waals surface area contributed by atoms with Crippen LogP contribution in [0.5, 0.6) is 0 Å². The Hall–Kier alpha value is -2.35. The van der Waals surface area contributed by atoms with Crippen molar-refractivity contribution in [3.63, 3.8) is 0 Å². The quantitative estimate of drug-likeness (QED) is 0.787. The SMILES string of the molecule is CC(Sc1ncn(-c2ccccc2)n1)C(=O)NC(=O)NC1CCCCC1. The van der Waals surface area contributed by atoms with Gasteiger partial charge in [-0.3, -0.25) is 10.1 Å². The van der Waals surface area contributed by atoms with Crippen LogP contribution in [0.15, 0.2) is 41.8 Å². The first-order chi connectivity index (χ1) is 12.6. The molecule has 1 fully saturated rings. The standard InChI is InChI=1S/C18H23N5O2S/c1-13(16(24)21-17(25)20-14-8-4-2-5-9-14)26-18-19-12-23(22-18)15-10-6-3-7-11-15/h3,6-7,10-14H,2,4-5,8-9H2,1H3,(H2,20,21,24,25). The van der Waals surface area contributed by atoms with E-state index in [1.54, 1.807) is 17.9 Å². The van der Waals surface area contributed by atoms with E-state index in [-0.39, 0.29) is 11.9 Å². The number of nitrogens with zero attached hydrogens (tertiary/aromatic N) is 3. The van der Waals surface area contributed by atoms with Gasteiger partial charge >= 0.3 is 6.03 Å². The average molecular weight is 373 g/mol. The summed E-state index contributed by atoms with van der Waals surface area (Å²) < 4.78 is 1.66. The molecule has 3 rings (SSSR count). The minimum absolute atomic E-state index is 0.169. The van der Waals surface area contributed by atoms with E-state index in [0.717, 1.165) is 31.4 Å². The molecule has 1 heterocycles. The molecule has 0 bridgehead atoms. The maximum Gasteiger partial charge on any atom is 0.321 e. The number of hydrogen-bond acceptors (Lipinski definition) is 5. The van der Waals surface area contributed by atoms with Gasteiger partial charge in [0.05, 0.1) is 10.9 Å². The molecule has 2 N–H and O–H groups in total.